The Labute approximate surface area is 136 Å². The van der Waals surface area contributed by atoms with Crippen molar-refractivity contribution in [3.63, 3.8) is 0 Å². The van der Waals surface area contributed by atoms with Gasteiger partial charge in [-0.25, -0.2) is 4.39 Å². The third-order valence-corrected chi connectivity index (χ3v) is 5.63. The number of likely N-dealkylation sites (tertiary alicyclic amines) is 2. The molecule has 1 N–H and O–H groups in total. The average Bonchev–Trinajstić information content (AvgIpc) is 2.57. The molecule has 0 spiro atoms. The maximum absolute atomic E-state index is 13.0. The predicted octanol–water partition coefficient (Wildman–Crippen LogP) is 1.67. The van der Waals surface area contributed by atoms with Crippen LogP contribution in [0.3, 0.4) is 0 Å². The summed E-state index contributed by atoms with van der Waals surface area (Å²) in [5.41, 5.74) is 0.784. The molecule has 0 aliphatic carbocycles. The van der Waals surface area contributed by atoms with Gasteiger partial charge in [-0.3, -0.25) is 4.79 Å². The number of fused-ring (bicyclic) bond motifs is 1. The second-order valence-electron chi connectivity index (χ2n) is 7.01. The van der Waals surface area contributed by atoms with Crippen LogP contribution in [0, 0.1) is 11.2 Å². The van der Waals surface area contributed by atoms with Gasteiger partial charge in [-0.1, -0.05) is 12.1 Å². The molecule has 1 amide bonds. The largest absolute Gasteiger partial charge is 0.396 e. The zero-order chi connectivity index (χ0) is 16.4. The monoisotopic (exact) mass is 320 g/mol. The molecular weight excluding hydrogens is 295 g/mol. The summed E-state index contributed by atoms with van der Waals surface area (Å²) in [6.45, 7) is 2.59. The van der Waals surface area contributed by atoms with Crippen LogP contribution in [0.15, 0.2) is 24.3 Å². The number of hydrogen-bond donors (Lipinski definition) is 1. The highest BCUT2D eigenvalue weighted by atomic mass is 19.1. The highest BCUT2D eigenvalue weighted by Crippen LogP contribution is 2.41. The lowest BCUT2D eigenvalue weighted by molar-refractivity contribution is -0.139. The highest BCUT2D eigenvalue weighted by molar-refractivity contribution is 5.79. The number of aliphatic hydroxyl groups is 1. The SMILES string of the molecule is CN1CCC[C@]2(CO)CCN(C(=O)Cc3ccc(F)cc3)C[C@@H]12. The number of piperidine rings is 2. The molecule has 0 unspecified atom stereocenters. The van der Waals surface area contributed by atoms with Crippen molar-refractivity contribution in [2.24, 2.45) is 5.41 Å². The molecule has 0 bridgehead atoms. The molecule has 2 fully saturated rings. The number of hydrogen-bond acceptors (Lipinski definition) is 3. The van der Waals surface area contributed by atoms with E-state index in [1.807, 2.05) is 4.90 Å². The molecule has 4 nitrogen and oxygen atoms in total. The third kappa shape index (κ3) is 3.26. The number of rotatable bonds is 3. The smallest absolute Gasteiger partial charge is 0.227 e. The number of benzene rings is 1. The Morgan fingerprint density at radius 2 is 2.04 bits per heavy atom. The van der Waals surface area contributed by atoms with Crippen LogP contribution in [0.5, 0.6) is 0 Å². The van der Waals surface area contributed by atoms with Crippen LogP contribution in [0.2, 0.25) is 0 Å². The maximum atomic E-state index is 13.0. The van der Waals surface area contributed by atoms with E-state index in [9.17, 15) is 14.3 Å². The van der Waals surface area contributed by atoms with Gasteiger partial charge < -0.3 is 14.9 Å². The Kier molecular flexibility index (Phi) is 4.69. The van der Waals surface area contributed by atoms with Crippen LogP contribution < -0.4 is 0 Å². The molecule has 0 radical (unpaired) electrons. The summed E-state index contributed by atoms with van der Waals surface area (Å²) in [6.07, 6.45) is 3.31. The molecule has 2 saturated heterocycles. The van der Waals surface area contributed by atoms with E-state index in [2.05, 4.69) is 11.9 Å². The van der Waals surface area contributed by atoms with Gasteiger partial charge in [-0.05, 0) is 50.6 Å². The number of nitrogens with zero attached hydrogens (tertiary/aromatic N) is 2. The maximum Gasteiger partial charge on any atom is 0.227 e. The minimum absolute atomic E-state index is 0.0559. The van der Waals surface area contributed by atoms with E-state index >= 15 is 0 Å². The van der Waals surface area contributed by atoms with Gasteiger partial charge in [0.25, 0.3) is 0 Å². The molecule has 0 aromatic heterocycles. The first-order chi connectivity index (χ1) is 11.0. The van der Waals surface area contributed by atoms with E-state index in [1.165, 1.54) is 12.1 Å². The van der Waals surface area contributed by atoms with Gasteiger partial charge in [0.1, 0.15) is 5.82 Å². The standard InChI is InChI=1S/C18H25FN2O2/c1-20-9-2-7-18(13-22)8-10-21(12-16(18)20)17(23)11-14-3-5-15(19)6-4-14/h3-6,16,22H,2,7-13H2,1H3/t16-,18-/m1/s1. The molecule has 2 aliphatic heterocycles. The molecule has 2 atom stereocenters. The number of carbonyl (C=O) groups excluding carboxylic acids is 1. The molecule has 126 valence electrons. The zero-order valence-electron chi connectivity index (χ0n) is 13.7. The van der Waals surface area contributed by atoms with Crippen molar-refractivity contribution in [1.82, 2.24) is 9.80 Å². The van der Waals surface area contributed by atoms with Gasteiger partial charge in [0, 0.05) is 24.5 Å². The van der Waals surface area contributed by atoms with E-state index in [-0.39, 0.29) is 29.8 Å². The van der Waals surface area contributed by atoms with Gasteiger partial charge in [-0.2, -0.15) is 0 Å². The second-order valence-corrected chi connectivity index (χ2v) is 7.01. The van der Waals surface area contributed by atoms with Crippen molar-refractivity contribution in [3.05, 3.63) is 35.6 Å². The van der Waals surface area contributed by atoms with E-state index in [1.54, 1.807) is 12.1 Å². The summed E-state index contributed by atoms with van der Waals surface area (Å²) in [7, 11) is 2.09. The van der Waals surface area contributed by atoms with Crippen LogP contribution in [0.1, 0.15) is 24.8 Å². The highest BCUT2D eigenvalue weighted by Gasteiger charge is 2.47. The molecule has 2 heterocycles. The van der Waals surface area contributed by atoms with Crippen molar-refractivity contribution < 1.29 is 14.3 Å². The number of likely N-dealkylation sites (N-methyl/N-ethyl adjacent to an activating group) is 1. The Hall–Kier alpha value is -1.46. The summed E-state index contributed by atoms with van der Waals surface area (Å²) >= 11 is 0. The first-order valence-corrected chi connectivity index (χ1v) is 8.37. The van der Waals surface area contributed by atoms with E-state index in [0.29, 0.717) is 19.5 Å². The van der Waals surface area contributed by atoms with E-state index < -0.39 is 0 Å². The molecule has 1 aromatic carbocycles. The van der Waals surface area contributed by atoms with Gasteiger partial charge in [0.2, 0.25) is 5.91 Å². The number of halogens is 1. The first kappa shape index (κ1) is 16.4. The number of aliphatic hydroxyl groups excluding tert-OH is 1. The Balaban J connectivity index is 1.67. The van der Waals surface area contributed by atoms with Gasteiger partial charge >= 0.3 is 0 Å². The second kappa shape index (κ2) is 6.57. The van der Waals surface area contributed by atoms with Gasteiger partial charge in [0.05, 0.1) is 13.0 Å². The summed E-state index contributed by atoms with van der Waals surface area (Å²) in [6, 6.07) is 6.35. The molecular formula is C18H25FN2O2. The molecule has 23 heavy (non-hydrogen) atoms. The zero-order valence-corrected chi connectivity index (χ0v) is 13.7. The quantitative estimate of drug-likeness (QED) is 0.921. The fourth-order valence-corrected chi connectivity index (χ4v) is 4.13. The van der Waals surface area contributed by atoms with Crippen molar-refractivity contribution in [2.45, 2.75) is 31.7 Å². The summed E-state index contributed by atoms with van der Waals surface area (Å²) < 4.78 is 13.0. The van der Waals surface area contributed by atoms with Gasteiger partial charge in [0.15, 0.2) is 0 Å². The van der Waals surface area contributed by atoms with E-state index in [0.717, 1.165) is 31.4 Å². The third-order valence-electron chi connectivity index (χ3n) is 5.63. The van der Waals surface area contributed by atoms with Crippen LogP contribution in [0.4, 0.5) is 4.39 Å². The fourth-order valence-electron chi connectivity index (χ4n) is 4.13. The topological polar surface area (TPSA) is 43.8 Å². The van der Waals surface area contributed by atoms with Gasteiger partial charge in [-0.15, -0.1) is 0 Å². The molecule has 3 rings (SSSR count). The summed E-state index contributed by atoms with van der Waals surface area (Å²) in [4.78, 5) is 16.8. The van der Waals surface area contributed by atoms with E-state index in [4.69, 9.17) is 0 Å². The van der Waals surface area contributed by atoms with Crippen LogP contribution in [-0.2, 0) is 11.2 Å². The van der Waals surface area contributed by atoms with Crippen molar-refractivity contribution in [2.75, 3.05) is 33.3 Å². The minimum Gasteiger partial charge on any atom is -0.396 e. The lowest BCUT2D eigenvalue weighted by Crippen LogP contribution is -2.62. The fraction of sp³-hybridized carbons (Fsp3) is 0.611. The first-order valence-electron chi connectivity index (χ1n) is 8.37. The van der Waals surface area contributed by atoms with Crippen molar-refractivity contribution >= 4 is 5.91 Å². The van der Waals surface area contributed by atoms with Crippen LogP contribution >= 0.6 is 0 Å². The lowest BCUT2D eigenvalue weighted by Gasteiger charge is -2.53. The van der Waals surface area contributed by atoms with Crippen LogP contribution in [0.25, 0.3) is 0 Å². The molecule has 2 aliphatic rings. The molecule has 5 heteroatoms. The molecule has 1 aromatic rings. The average molecular weight is 320 g/mol. The van der Waals surface area contributed by atoms with Crippen LogP contribution in [-0.4, -0.2) is 60.1 Å². The predicted molar refractivity (Wildman–Crippen MR) is 86.5 cm³/mol. The minimum atomic E-state index is -0.282. The van der Waals surface area contributed by atoms with Crippen molar-refractivity contribution in [3.8, 4) is 0 Å². The normalized spacial score (nSPS) is 28.5. The molecule has 0 saturated carbocycles. The summed E-state index contributed by atoms with van der Waals surface area (Å²) in [5, 5.41) is 9.92. The Bertz CT molecular complexity index is 563. The number of carbonyl (C=O) groups is 1. The summed E-state index contributed by atoms with van der Waals surface area (Å²) in [5.74, 6) is -0.196. The van der Waals surface area contributed by atoms with Crippen molar-refractivity contribution in [1.29, 1.82) is 0 Å². The lowest BCUT2D eigenvalue weighted by atomic mass is 9.69. The Morgan fingerprint density at radius 1 is 1.30 bits per heavy atom. The number of amides is 1. The Morgan fingerprint density at radius 3 is 2.74 bits per heavy atom.